The number of hydrogen-bond donors (Lipinski definition) is 0. The highest BCUT2D eigenvalue weighted by atomic mass is 32.2. The molecule has 34 heavy (non-hydrogen) atoms. The van der Waals surface area contributed by atoms with Crippen LogP contribution in [-0.4, -0.2) is 44.3 Å². The van der Waals surface area contributed by atoms with Gasteiger partial charge in [-0.3, -0.25) is 4.79 Å². The quantitative estimate of drug-likeness (QED) is 0.353. The largest absolute Gasteiger partial charge is 0.497 e. The average molecular weight is 474 g/mol. The Hall–Kier alpha value is -3.85. The van der Waals surface area contributed by atoms with Crippen molar-refractivity contribution in [1.29, 1.82) is 0 Å². The summed E-state index contributed by atoms with van der Waals surface area (Å²) in [5, 5.41) is 15.2. The predicted molar refractivity (Wildman–Crippen MR) is 129 cm³/mol. The van der Waals surface area contributed by atoms with Gasteiger partial charge in [-0.25, -0.2) is 5.01 Å². The molecule has 0 spiro atoms. The van der Waals surface area contributed by atoms with Gasteiger partial charge in [0.2, 0.25) is 0 Å². The van der Waals surface area contributed by atoms with E-state index in [9.17, 15) is 4.79 Å². The van der Waals surface area contributed by atoms with Gasteiger partial charge in [-0.2, -0.15) is 5.10 Å². The summed E-state index contributed by atoms with van der Waals surface area (Å²) < 4.78 is 12.6. The number of aromatic nitrogens is 3. The van der Waals surface area contributed by atoms with Crippen molar-refractivity contribution >= 4 is 23.4 Å². The number of hydrogen-bond acceptors (Lipinski definition) is 7. The van der Waals surface area contributed by atoms with Gasteiger partial charge in [-0.05, 0) is 35.4 Å². The van der Waals surface area contributed by atoms with E-state index in [-0.39, 0.29) is 17.7 Å². The van der Waals surface area contributed by atoms with Crippen LogP contribution < -0.4 is 4.74 Å². The molecule has 8 nitrogen and oxygen atoms in total. The standard InChI is InChI=1S/C25H23N5O3S/c1-32-20-11-9-19(10-12-20)23-14-22(18-6-3-2-4-7-18)28-30(23)24(31)16-34-25-27-26-17-29(25)15-21-8-5-13-33-21/h2-13,17,23H,14-16H2,1H3. The fourth-order valence-electron chi connectivity index (χ4n) is 3.86. The lowest BCUT2D eigenvalue weighted by molar-refractivity contribution is -0.130. The van der Waals surface area contributed by atoms with Crippen LogP contribution in [0.1, 0.15) is 29.3 Å². The first-order valence-electron chi connectivity index (χ1n) is 10.8. The van der Waals surface area contributed by atoms with Crippen molar-refractivity contribution in [2.24, 2.45) is 5.10 Å². The molecule has 0 N–H and O–H groups in total. The summed E-state index contributed by atoms with van der Waals surface area (Å²) in [6.45, 7) is 0.505. The molecule has 0 fully saturated rings. The number of amides is 1. The van der Waals surface area contributed by atoms with Crippen LogP contribution in [-0.2, 0) is 11.3 Å². The summed E-state index contributed by atoms with van der Waals surface area (Å²) in [5.41, 5.74) is 2.91. The molecule has 2 aromatic carbocycles. The molecular weight excluding hydrogens is 450 g/mol. The number of thioether (sulfide) groups is 1. The molecule has 3 heterocycles. The molecule has 0 radical (unpaired) electrons. The van der Waals surface area contributed by atoms with E-state index in [4.69, 9.17) is 14.3 Å². The molecule has 0 bridgehead atoms. The van der Waals surface area contributed by atoms with Gasteiger partial charge >= 0.3 is 0 Å². The van der Waals surface area contributed by atoms with Crippen molar-refractivity contribution in [3.8, 4) is 5.75 Å². The van der Waals surface area contributed by atoms with E-state index >= 15 is 0 Å². The predicted octanol–water partition coefficient (Wildman–Crippen LogP) is 4.40. The zero-order chi connectivity index (χ0) is 23.3. The molecule has 1 unspecified atom stereocenters. The highest BCUT2D eigenvalue weighted by molar-refractivity contribution is 7.99. The van der Waals surface area contributed by atoms with Crippen molar-refractivity contribution in [2.75, 3.05) is 12.9 Å². The molecule has 0 saturated carbocycles. The lowest BCUT2D eigenvalue weighted by Gasteiger charge is -2.22. The lowest BCUT2D eigenvalue weighted by atomic mass is 9.98. The third kappa shape index (κ3) is 4.74. The number of nitrogens with zero attached hydrogens (tertiary/aromatic N) is 5. The Balaban J connectivity index is 1.34. The second-order valence-electron chi connectivity index (χ2n) is 7.75. The minimum atomic E-state index is -0.185. The molecule has 1 aliphatic heterocycles. The molecule has 0 saturated heterocycles. The van der Waals surface area contributed by atoms with E-state index in [0.717, 1.165) is 28.3 Å². The smallest absolute Gasteiger partial charge is 0.253 e. The summed E-state index contributed by atoms with van der Waals surface area (Å²) in [6.07, 6.45) is 3.91. The Morgan fingerprint density at radius 2 is 1.94 bits per heavy atom. The van der Waals surface area contributed by atoms with Crippen molar-refractivity contribution in [3.63, 3.8) is 0 Å². The normalized spacial score (nSPS) is 15.4. The second-order valence-corrected chi connectivity index (χ2v) is 8.70. The minimum absolute atomic E-state index is 0.0932. The molecule has 1 atom stereocenters. The van der Waals surface area contributed by atoms with E-state index in [1.165, 1.54) is 11.8 Å². The van der Waals surface area contributed by atoms with Crippen LogP contribution in [0.15, 0.2) is 94.0 Å². The number of furan rings is 1. The Bertz CT molecular complexity index is 1270. The number of carbonyl (C=O) groups excluding carboxylic acids is 1. The van der Waals surface area contributed by atoms with Gasteiger partial charge in [-0.15, -0.1) is 10.2 Å². The average Bonchev–Trinajstić information content (AvgIpc) is 3.65. The van der Waals surface area contributed by atoms with Gasteiger partial charge < -0.3 is 13.7 Å². The van der Waals surface area contributed by atoms with Crippen LogP contribution in [0.25, 0.3) is 0 Å². The Labute approximate surface area is 201 Å². The van der Waals surface area contributed by atoms with E-state index in [1.807, 2.05) is 71.3 Å². The second kappa shape index (κ2) is 9.96. The number of rotatable bonds is 8. The van der Waals surface area contributed by atoms with Gasteiger partial charge in [0.05, 0.1) is 37.4 Å². The maximum atomic E-state index is 13.3. The van der Waals surface area contributed by atoms with Gasteiger partial charge in [0, 0.05) is 6.42 Å². The highest BCUT2D eigenvalue weighted by Gasteiger charge is 2.33. The maximum Gasteiger partial charge on any atom is 0.253 e. The first kappa shape index (κ1) is 22.0. The van der Waals surface area contributed by atoms with Crippen molar-refractivity contribution < 1.29 is 13.9 Å². The summed E-state index contributed by atoms with van der Waals surface area (Å²) in [4.78, 5) is 13.3. The molecular formula is C25H23N5O3S. The molecule has 1 aliphatic rings. The van der Waals surface area contributed by atoms with Crippen LogP contribution >= 0.6 is 11.8 Å². The number of carbonyl (C=O) groups is 1. The molecule has 172 valence electrons. The Kier molecular flexibility index (Phi) is 6.44. The van der Waals surface area contributed by atoms with Crippen molar-refractivity contribution in [1.82, 2.24) is 19.8 Å². The van der Waals surface area contributed by atoms with Gasteiger partial charge in [-0.1, -0.05) is 54.2 Å². The molecule has 4 aromatic rings. The summed E-state index contributed by atoms with van der Waals surface area (Å²) in [5.74, 6) is 1.67. The highest BCUT2D eigenvalue weighted by Crippen LogP contribution is 2.34. The fourth-order valence-corrected chi connectivity index (χ4v) is 4.63. The van der Waals surface area contributed by atoms with E-state index < -0.39 is 0 Å². The van der Waals surface area contributed by atoms with Gasteiger partial charge in [0.15, 0.2) is 5.16 Å². The molecule has 0 aliphatic carbocycles. The van der Waals surface area contributed by atoms with Gasteiger partial charge in [0.1, 0.15) is 17.8 Å². The fraction of sp³-hybridized carbons (Fsp3) is 0.200. The zero-order valence-corrected chi connectivity index (χ0v) is 19.4. The molecule has 9 heteroatoms. The van der Waals surface area contributed by atoms with E-state index in [1.54, 1.807) is 24.7 Å². The van der Waals surface area contributed by atoms with Crippen LogP contribution in [0.2, 0.25) is 0 Å². The third-order valence-electron chi connectivity index (χ3n) is 5.58. The van der Waals surface area contributed by atoms with Crippen LogP contribution in [0.5, 0.6) is 5.75 Å². The first-order chi connectivity index (χ1) is 16.7. The lowest BCUT2D eigenvalue weighted by Crippen LogP contribution is -2.28. The first-order valence-corrected chi connectivity index (χ1v) is 11.8. The number of ether oxygens (including phenoxy) is 1. The molecule has 5 rings (SSSR count). The number of benzene rings is 2. The van der Waals surface area contributed by atoms with E-state index in [0.29, 0.717) is 18.1 Å². The third-order valence-corrected chi connectivity index (χ3v) is 6.55. The maximum absolute atomic E-state index is 13.3. The summed E-state index contributed by atoms with van der Waals surface area (Å²) in [7, 11) is 1.64. The molecule has 2 aromatic heterocycles. The SMILES string of the molecule is COc1ccc(C2CC(c3ccccc3)=NN2C(=O)CSc2nncn2Cc2ccco2)cc1. The van der Waals surface area contributed by atoms with Crippen molar-refractivity contribution in [3.05, 3.63) is 96.2 Å². The van der Waals surface area contributed by atoms with Crippen LogP contribution in [0.4, 0.5) is 0 Å². The zero-order valence-electron chi connectivity index (χ0n) is 18.6. The minimum Gasteiger partial charge on any atom is -0.497 e. The van der Waals surface area contributed by atoms with Gasteiger partial charge in [0.25, 0.3) is 5.91 Å². The van der Waals surface area contributed by atoms with Crippen LogP contribution in [0.3, 0.4) is 0 Å². The molecule has 1 amide bonds. The Morgan fingerprint density at radius 1 is 1.12 bits per heavy atom. The van der Waals surface area contributed by atoms with Crippen molar-refractivity contribution in [2.45, 2.75) is 24.2 Å². The number of hydrazone groups is 1. The summed E-state index contributed by atoms with van der Waals surface area (Å²) in [6, 6.07) is 21.3. The number of methoxy groups -OCH3 is 1. The summed E-state index contributed by atoms with van der Waals surface area (Å²) >= 11 is 1.34. The Morgan fingerprint density at radius 3 is 2.68 bits per heavy atom. The van der Waals surface area contributed by atoms with E-state index in [2.05, 4.69) is 10.2 Å². The topological polar surface area (TPSA) is 85.8 Å². The van der Waals surface area contributed by atoms with Crippen LogP contribution in [0, 0.1) is 0 Å². The monoisotopic (exact) mass is 473 g/mol.